The summed E-state index contributed by atoms with van der Waals surface area (Å²) in [5.41, 5.74) is 3.76. The molecule has 186 valence electrons. The van der Waals surface area contributed by atoms with E-state index in [1.165, 1.54) is 0 Å². The third-order valence-electron chi connectivity index (χ3n) is 7.79. The van der Waals surface area contributed by atoms with Crippen molar-refractivity contribution in [1.82, 2.24) is 10.2 Å². The van der Waals surface area contributed by atoms with Gasteiger partial charge in [-0.15, -0.1) is 0 Å². The van der Waals surface area contributed by atoms with Crippen LogP contribution in [0, 0.1) is 11.3 Å². The minimum Gasteiger partial charge on any atom is -0.481 e. The number of benzene rings is 2. The first-order valence-corrected chi connectivity index (χ1v) is 12.4. The van der Waals surface area contributed by atoms with Gasteiger partial charge in [0.05, 0.1) is 5.41 Å². The molecule has 0 radical (unpaired) electrons. The highest BCUT2D eigenvalue weighted by Gasteiger charge is 2.40. The number of carboxylic acids is 1. The maximum atomic E-state index is 13.3. The van der Waals surface area contributed by atoms with Gasteiger partial charge in [-0.3, -0.25) is 9.59 Å². The molecule has 0 bridgehead atoms. The quantitative estimate of drug-likeness (QED) is 0.604. The van der Waals surface area contributed by atoms with Crippen molar-refractivity contribution in [3.8, 4) is 11.1 Å². The van der Waals surface area contributed by atoms with Crippen molar-refractivity contribution in [2.45, 2.75) is 52.0 Å². The maximum Gasteiger partial charge on any atom is 0.407 e. The second kappa shape index (κ2) is 10.1. The average molecular weight is 479 g/mol. The standard InChI is InChI=1S/C28H34N2O5/c1-4-18(2)24(25(31)30-15-13-28(3,14-16-30)26(32)33)29-27(34)35-17-23-21-11-7-5-9-19(21)20-10-6-8-12-22(20)23/h5-12,18,23-24H,4,13-17H2,1-3H3,(H,29,34)(H,32,33)/t18?,24-/m0/s1. The normalized spacial score (nSPS) is 18.2. The molecule has 1 unspecified atom stereocenters. The largest absolute Gasteiger partial charge is 0.481 e. The fraction of sp³-hybridized carbons (Fsp3) is 0.464. The molecule has 2 aromatic carbocycles. The molecule has 4 rings (SSSR count). The van der Waals surface area contributed by atoms with Crippen LogP contribution in [-0.2, 0) is 14.3 Å². The van der Waals surface area contributed by atoms with Gasteiger partial charge < -0.3 is 20.1 Å². The van der Waals surface area contributed by atoms with E-state index in [2.05, 4.69) is 29.6 Å². The first kappa shape index (κ1) is 24.8. The minimum atomic E-state index is -0.833. The third-order valence-corrected chi connectivity index (χ3v) is 7.79. The summed E-state index contributed by atoms with van der Waals surface area (Å²) in [6.45, 7) is 6.53. The smallest absolute Gasteiger partial charge is 0.407 e. The molecule has 1 aliphatic carbocycles. The van der Waals surface area contributed by atoms with Crippen molar-refractivity contribution in [3.63, 3.8) is 0 Å². The zero-order valence-corrected chi connectivity index (χ0v) is 20.6. The van der Waals surface area contributed by atoms with E-state index in [0.29, 0.717) is 32.4 Å². The van der Waals surface area contributed by atoms with E-state index in [0.717, 1.165) is 22.3 Å². The molecule has 0 spiro atoms. The van der Waals surface area contributed by atoms with Gasteiger partial charge in [0, 0.05) is 19.0 Å². The number of carbonyl (C=O) groups is 3. The predicted octanol–water partition coefficient (Wildman–Crippen LogP) is 4.65. The molecule has 2 atom stereocenters. The lowest BCUT2D eigenvalue weighted by atomic mass is 9.80. The summed E-state index contributed by atoms with van der Waals surface area (Å²) in [7, 11) is 0. The number of piperidine rings is 1. The molecule has 1 saturated heterocycles. The topological polar surface area (TPSA) is 95.9 Å². The van der Waals surface area contributed by atoms with Crippen LogP contribution in [0.25, 0.3) is 11.1 Å². The number of amides is 2. The summed E-state index contributed by atoms with van der Waals surface area (Å²) in [6.07, 6.45) is 0.886. The van der Waals surface area contributed by atoms with Crippen LogP contribution < -0.4 is 5.32 Å². The molecule has 2 amide bonds. The molecule has 7 nitrogen and oxygen atoms in total. The van der Waals surface area contributed by atoms with Crippen molar-refractivity contribution < 1.29 is 24.2 Å². The number of alkyl carbamates (subject to hydrolysis) is 1. The van der Waals surface area contributed by atoms with Gasteiger partial charge in [0.15, 0.2) is 0 Å². The highest BCUT2D eigenvalue weighted by atomic mass is 16.5. The lowest BCUT2D eigenvalue weighted by Gasteiger charge is -2.38. The Morgan fingerprint density at radius 1 is 1.06 bits per heavy atom. The Morgan fingerprint density at radius 2 is 1.60 bits per heavy atom. The van der Waals surface area contributed by atoms with E-state index in [1.807, 2.05) is 38.1 Å². The molecule has 0 saturated carbocycles. The highest BCUT2D eigenvalue weighted by Crippen LogP contribution is 2.44. The Balaban J connectivity index is 1.41. The van der Waals surface area contributed by atoms with E-state index in [4.69, 9.17) is 4.74 Å². The van der Waals surface area contributed by atoms with Crippen molar-refractivity contribution >= 4 is 18.0 Å². The van der Waals surface area contributed by atoms with Crippen LogP contribution in [0.15, 0.2) is 48.5 Å². The number of carboxylic acid groups (broad SMARTS) is 1. The molecule has 1 heterocycles. The third kappa shape index (κ3) is 4.90. The van der Waals surface area contributed by atoms with Crippen molar-refractivity contribution in [1.29, 1.82) is 0 Å². The Bertz CT molecular complexity index is 1060. The number of fused-ring (bicyclic) bond motifs is 3. The van der Waals surface area contributed by atoms with Gasteiger partial charge in [-0.1, -0.05) is 68.8 Å². The van der Waals surface area contributed by atoms with Gasteiger partial charge in [0.25, 0.3) is 0 Å². The van der Waals surface area contributed by atoms with Gasteiger partial charge >= 0.3 is 12.1 Å². The van der Waals surface area contributed by atoms with Gasteiger partial charge in [0.1, 0.15) is 12.6 Å². The fourth-order valence-electron chi connectivity index (χ4n) is 5.08. The first-order chi connectivity index (χ1) is 16.7. The van der Waals surface area contributed by atoms with E-state index in [1.54, 1.807) is 11.8 Å². The lowest BCUT2D eigenvalue weighted by molar-refractivity contribution is -0.153. The number of nitrogens with zero attached hydrogens (tertiary/aromatic N) is 1. The number of ether oxygens (including phenoxy) is 1. The monoisotopic (exact) mass is 478 g/mol. The number of likely N-dealkylation sites (tertiary alicyclic amines) is 1. The van der Waals surface area contributed by atoms with Crippen LogP contribution in [0.3, 0.4) is 0 Å². The van der Waals surface area contributed by atoms with E-state index < -0.39 is 23.5 Å². The summed E-state index contributed by atoms with van der Waals surface area (Å²) in [4.78, 5) is 39.4. The van der Waals surface area contributed by atoms with Crippen molar-refractivity contribution in [3.05, 3.63) is 59.7 Å². The predicted molar refractivity (Wildman–Crippen MR) is 133 cm³/mol. The van der Waals surface area contributed by atoms with Gasteiger partial charge in [-0.25, -0.2) is 4.79 Å². The molecule has 0 aromatic heterocycles. The Morgan fingerprint density at radius 3 is 2.11 bits per heavy atom. The van der Waals surface area contributed by atoms with Crippen LogP contribution in [0.4, 0.5) is 4.79 Å². The number of aliphatic carboxylic acids is 1. The van der Waals surface area contributed by atoms with Gasteiger partial charge in [-0.05, 0) is 47.9 Å². The summed E-state index contributed by atoms with van der Waals surface area (Å²) in [6, 6.07) is 15.6. The van der Waals surface area contributed by atoms with Gasteiger partial charge in [0.2, 0.25) is 5.91 Å². The Kier molecular flexibility index (Phi) is 7.15. The van der Waals surface area contributed by atoms with Crippen LogP contribution in [0.2, 0.25) is 0 Å². The van der Waals surface area contributed by atoms with Crippen LogP contribution in [0.1, 0.15) is 57.1 Å². The molecular formula is C28H34N2O5. The van der Waals surface area contributed by atoms with Crippen LogP contribution in [0.5, 0.6) is 0 Å². The van der Waals surface area contributed by atoms with Crippen LogP contribution >= 0.6 is 0 Å². The molecule has 2 aliphatic rings. The van der Waals surface area contributed by atoms with Gasteiger partial charge in [-0.2, -0.15) is 0 Å². The molecule has 1 fully saturated rings. The van der Waals surface area contributed by atoms with E-state index in [9.17, 15) is 19.5 Å². The lowest BCUT2D eigenvalue weighted by Crippen LogP contribution is -2.55. The Hall–Kier alpha value is -3.35. The minimum absolute atomic E-state index is 0.0540. The summed E-state index contributed by atoms with van der Waals surface area (Å²) >= 11 is 0. The SMILES string of the molecule is CCC(C)[C@H](NC(=O)OCC1c2ccccc2-c2ccccc21)C(=O)N1CCC(C)(C(=O)O)CC1. The number of hydrogen-bond donors (Lipinski definition) is 2. The molecule has 35 heavy (non-hydrogen) atoms. The second-order valence-electron chi connectivity index (χ2n) is 10.0. The zero-order chi connectivity index (χ0) is 25.2. The average Bonchev–Trinajstić information content (AvgIpc) is 3.19. The van der Waals surface area contributed by atoms with Crippen LogP contribution in [-0.4, -0.2) is 53.7 Å². The number of rotatable bonds is 7. The van der Waals surface area contributed by atoms with Crippen molar-refractivity contribution in [2.75, 3.05) is 19.7 Å². The maximum absolute atomic E-state index is 13.3. The van der Waals surface area contributed by atoms with E-state index in [-0.39, 0.29) is 24.3 Å². The number of carbonyl (C=O) groups excluding carboxylic acids is 2. The molecular weight excluding hydrogens is 444 g/mol. The molecule has 2 N–H and O–H groups in total. The summed E-state index contributed by atoms with van der Waals surface area (Å²) < 4.78 is 5.67. The molecule has 1 aliphatic heterocycles. The Labute approximate surface area is 206 Å². The fourth-order valence-corrected chi connectivity index (χ4v) is 5.08. The number of hydrogen-bond acceptors (Lipinski definition) is 4. The number of nitrogens with one attached hydrogen (secondary N) is 1. The second-order valence-corrected chi connectivity index (χ2v) is 10.0. The van der Waals surface area contributed by atoms with Crippen molar-refractivity contribution in [2.24, 2.45) is 11.3 Å². The molecule has 7 heteroatoms. The summed E-state index contributed by atoms with van der Waals surface area (Å²) in [5, 5.41) is 12.3. The first-order valence-electron chi connectivity index (χ1n) is 12.4. The zero-order valence-electron chi connectivity index (χ0n) is 20.6. The molecule has 2 aromatic rings. The summed E-state index contributed by atoms with van der Waals surface area (Å²) in [5.74, 6) is -1.16. The highest BCUT2D eigenvalue weighted by molar-refractivity contribution is 5.86. The van der Waals surface area contributed by atoms with E-state index >= 15 is 0 Å².